The first-order valence-corrected chi connectivity index (χ1v) is 21.0. The fourth-order valence-corrected chi connectivity index (χ4v) is 9.79. The van der Waals surface area contributed by atoms with E-state index in [1.54, 1.807) is 0 Å². The smallest absolute Gasteiger partial charge is 0.238 e. The third-order valence-electron chi connectivity index (χ3n) is 12.5. The lowest BCUT2D eigenvalue weighted by atomic mass is 9.93. The highest BCUT2D eigenvalue weighted by Crippen LogP contribution is 2.43. The van der Waals surface area contributed by atoms with E-state index in [0.717, 1.165) is 60.6 Å². The van der Waals surface area contributed by atoms with Crippen molar-refractivity contribution in [1.82, 2.24) is 24.1 Å². The molecule has 0 aliphatic carbocycles. The molecule has 0 fully saturated rings. The van der Waals surface area contributed by atoms with E-state index >= 15 is 0 Å². The Labute approximate surface area is 356 Å². The second-order valence-electron chi connectivity index (χ2n) is 16.0. The van der Waals surface area contributed by atoms with Gasteiger partial charge in [-0.2, -0.15) is 9.97 Å². The van der Waals surface area contributed by atoms with Crippen LogP contribution in [0.1, 0.15) is 0 Å². The van der Waals surface area contributed by atoms with Gasteiger partial charge in [-0.3, -0.25) is 4.57 Å². The molecule has 5 heteroatoms. The number of hydrogen-bond acceptors (Lipinski definition) is 3. The summed E-state index contributed by atoms with van der Waals surface area (Å²) >= 11 is 0. The molecule has 3 aromatic heterocycles. The lowest BCUT2D eigenvalue weighted by molar-refractivity contribution is 0.953. The average molecular weight is 790 g/mol. The van der Waals surface area contributed by atoms with E-state index in [1.807, 2.05) is 18.2 Å². The van der Waals surface area contributed by atoms with Gasteiger partial charge in [-0.25, -0.2) is 4.98 Å². The van der Waals surface area contributed by atoms with E-state index in [9.17, 15) is 0 Å². The number of fused-ring (bicyclic) bond motifs is 13. The first-order chi connectivity index (χ1) is 30.8. The van der Waals surface area contributed by atoms with Crippen LogP contribution in [0.2, 0.25) is 0 Å². The summed E-state index contributed by atoms with van der Waals surface area (Å²) in [5, 5.41) is 11.9. The Morgan fingerprint density at radius 3 is 1.34 bits per heavy atom. The van der Waals surface area contributed by atoms with E-state index in [-0.39, 0.29) is 0 Å². The molecule has 13 aromatic rings. The molecule has 288 valence electrons. The third-order valence-corrected chi connectivity index (χ3v) is 12.5. The fraction of sp³-hybridized carbons (Fsp3) is 0. The van der Waals surface area contributed by atoms with Gasteiger partial charge in [0, 0.05) is 38.4 Å². The number of para-hydroxylation sites is 2. The molecule has 13 rings (SSSR count). The molecule has 10 aromatic carbocycles. The van der Waals surface area contributed by atoms with Gasteiger partial charge in [0.25, 0.3) is 0 Å². The van der Waals surface area contributed by atoms with Gasteiger partial charge in [-0.1, -0.05) is 182 Å². The number of nitrogens with zero attached hydrogens (tertiary/aromatic N) is 5. The van der Waals surface area contributed by atoms with E-state index in [2.05, 4.69) is 203 Å². The van der Waals surface area contributed by atoms with Gasteiger partial charge in [-0.15, -0.1) is 0 Å². The van der Waals surface area contributed by atoms with E-state index in [1.165, 1.54) is 43.3 Å². The Hall–Kier alpha value is -8.41. The molecular formula is C57H35N5. The molecule has 5 nitrogen and oxygen atoms in total. The van der Waals surface area contributed by atoms with Gasteiger partial charge >= 0.3 is 0 Å². The lowest BCUT2D eigenvalue weighted by Gasteiger charge is -2.14. The number of rotatable bonds is 5. The zero-order chi connectivity index (χ0) is 40.7. The summed E-state index contributed by atoms with van der Waals surface area (Å²) in [5.41, 5.74) is 9.56. The lowest BCUT2D eigenvalue weighted by Crippen LogP contribution is -2.07. The molecule has 0 spiro atoms. The van der Waals surface area contributed by atoms with Crippen LogP contribution >= 0.6 is 0 Å². The Balaban J connectivity index is 1.13. The first kappa shape index (κ1) is 34.5. The first-order valence-electron chi connectivity index (χ1n) is 21.0. The standard InChI is InChI=1S/C57H35N5/c1-3-16-36(17-4-1)38-20-15-21-40(34-38)61-51-28-13-11-26-46(51)48-32-33-49-47-27-12-14-29-52(47)62(54(49)53(48)61)57-59-55(37-18-5-2-6-19-37)58-56(60-57)39-30-31-45-43-24-8-7-22-41(43)42-23-9-10-25-44(42)50(45)35-39/h1-35H. The Kier molecular flexibility index (Phi) is 7.54. The number of benzene rings is 10. The normalized spacial score (nSPS) is 11.9. The minimum absolute atomic E-state index is 0.561. The van der Waals surface area contributed by atoms with Gasteiger partial charge < -0.3 is 4.57 Å². The molecule has 3 heterocycles. The Morgan fingerprint density at radius 1 is 0.258 bits per heavy atom. The van der Waals surface area contributed by atoms with Crippen LogP contribution in [0.4, 0.5) is 0 Å². The van der Waals surface area contributed by atoms with Crippen LogP contribution in [0.25, 0.3) is 121 Å². The predicted molar refractivity (Wildman–Crippen MR) is 257 cm³/mol. The van der Waals surface area contributed by atoms with Crippen LogP contribution in [0.3, 0.4) is 0 Å². The maximum Gasteiger partial charge on any atom is 0.238 e. The van der Waals surface area contributed by atoms with Crippen molar-refractivity contribution < 1.29 is 0 Å². The molecule has 0 radical (unpaired) electrons. The molecule has 0 bridgehead atoms. The summed E-state index contributed by atoms with van der Waals surface area (Å²) in [6.45, 7) is 0. The maximum atomic E-state index is 5.47. The molecular weight excluding hydrogens is 755 g/mol. The van der Waals surface area contributed by atoms with Gasteiger partial charge in [0.2, 0.25) is 5.95 Å². The SMILES string of the molecule is c1ccc(-c2cccc(-n3c4ccccc4c4ccc5c6ccccc6n(-c6nc(-c7ccccc7)nc(-c7ccc8c9ccccc9c9ccccc9c8c7)n6)c5c43)c2)cc1. The summed E-state index contributed by atoms with van der Waals surface area (Å²) in [7, 11) is 0. The molecule has 0 N–H and O–H groups in total. The summed E-state index contributed by atoms with van der Waals surface area (Å²) in [6, 6.07) is 75.6. The van der Waals surface area contributed by atoms with Crippen LogP contribution in [0.15, 0.2) is 212 Å². The molecule has 0 atom stereocenters. The minimum Gasteiger partial charge on any atom is -0.307 e. The van der Waals surface area contributed by atoms with Crippen molar-refractivity contribution in [3.05, 3.63) is 212 Å². The summed E-state index contributed by atoms with van der Waals surface area (Å²) < 4.78 is 4.69. The largest absolute Gasteiger partial charge is 0.307 e. The molecule has 0 saturated heterocycles. The molecule has 0 unspecified atom stereocenters. The molecule has 62 heavy (non-hydrogen) atoms. The average Bonchev–Trinajstić information content (AvgIpc) is 3.88. The zero-order valence-electron chi connectivity index (χ0n) is 33.4. The summed E-state index contributed by atoms with van der Waals surface area (Å²) in [5.74, 6) is 1.79. The Bertz CT molecular complexity index is 3880. The van der Waals surface area contributed by atoms with Crippen molar-refractivity contribution >= 4 is 75.9 Å². The minimum atomic E-state index is 0.561. The number of hydrogen-bond donors (Lipinski definition) is 0. The van der Waals surface area contributed by atoms with Gasteiger partial charge in [0.05, 0.1) is 22.1 Å². The molecule has 0 saturated carbocycles. The van der Waals surface area contributed by atoms with Crippen molar-refractivity contribution in [2.24, 2.45) is 0 Å². The fourth-order valence-electron chi connectivity index (χ4n) is 9.79. The predicted octanol–water partition coefficient (Wildman–Crippen LogP) is 14.5. The van der Waals surface area contributed by atoms with Gasteiger partial charge in [0.15, 0.2) is 11.6 Å². The van der Waals surface area contributed by atoms with Gasteiger partial charge in [0.1, 0.15) is 0 Å². The van der Waals surface area contributed by atoms with Crippen LogP contribution in [-0.4, -0.2) is 24.1 Å². The van der Waals surface area contributed by atoms with Crippen molar-refractivity contribution in [3.63, 3.8) is 0 Å². The van der Waals surface area contributed by atoms with E-state index in [0.29, 0.717) is 17.6 Å². The second-order valence-corrected chi connectivity index (χ2v) is 16.0. The van der Waals surface area contributed by atoms with Crippen molar-refractivity contribution in [3.8, 4) is 45.5 Å². The quantitative estimate of drug-likeness (QED) is 0.163. The molecule has 0 aliphatic rings. The van der Waals surface area contributed by atoms with Crippen molar-refractivity contribution in [1.29, 1.82) is 0 Å². The van der Waals surface area contributed by atoms with Crippen molar-refractivity contribution in [2.75, 3.05) is 0 Å². The van der Waals surface area contributed by atoms with E-state index < -0.39 is 0 Å². The van der Waals surface area contributed by atoms with Crippen LogP contribution in [-0.2, 0) is 0 Å². The molecule has 0 amide bonds. The summed E-state index contributed by atoms with van der Waals surface area (Å²) in [6.07, 6.45) is 0. The highest BCUT2D eigenvalue weighted by atomic mass is 15.2. The topological polar surface area (TPSA) is 48.5 Å². The zero-order valence-corrected chi connectivity index (χ0v) is 33.4. The van der Waals surface area contributed by atoms with Gasteiger partial charge in [-0.05, 0) is 73.8 Å². The van der Waals surface area contributed by atoms with Crippen LogP contribution in [0, 0.1) is 0 Å². The van der Waals surface area contributed by atoms with E-state index in [4.69, 9.17) is 15.0 Å². The van der Waals surface area contributed by atoms with Crippen molar-refractivity contribution in [2.45, 2.75) is 0 Å². The monoisotopic (exact) mass is 789 g/mol. The Morgan fingerprint density at radius 2 is 0.710 bits per heavy atom. The highest BCUT2D eigenvalue weighted by Gasteiger charge is 2.24. The third kappa shape index (κ3) is 5.18. The number of aromatic nitrogens is 5. The highest BCUT2D eigenvalue weighted by molar-refractivity contribution is 6.26. The molecule has 0 aliphatic heterocycles. The maximum absolute atomic E-state index is 5.47. The second kappa shape index (κ2) is 13.6. The van der Waals surface area contributed by atoms with Crippen LogP contribution < -0.4 is 0 Å². The van der Waals surface area contributed by atoms with Crippen LogP contribution in [0.5, 0.6) is 0 Å². The summed E-state index contributed by atoms with van der Waals surface area (Å²) in [4.78, 5) is 16.1.